The quantitative estimate of drug-likeness (QED) is 0.724. The summed E-state index contributed by atoms with van der Waals surface area (Å²) in [5.74, 6) is -0.800. The van der Waals surface area contributed by atoms with Crippen molar-refractivity contribution < 1.29 is 24.4 Å². The first-order valence-electron chi connectivity index (χ1n) is 8.77. The van der Waals surface area contributed by atoms with Crippen LogP contribution in [-0.4, -0.2) is 47.0 Å². The van der Waals surface area contributed by atoms with Gasteiger partial charge in [-0.15, -0.1) is 0 Å². The Morgan fingerprint density at radius 1 is 1.17 bits per heavy atom. The van der Waals surface area contributed by atoms with E-state index in [1.165, 1.54) is 0 Å². The molecule has 1 aromatic rings. The van der Waals surface area contributed by atoms with Crippen LogP contribution in [0.15, 0.2) is 30.3 Å². The Labute approximate surface area is 144 Å². The van der Waals surface area contributed by atoms with Crippen LogP contribution < -0.4 is 0 Å². The molecule has 1 fully saturated rings. The lowest BCUT2D eigenvalue weighted by molar-refractivity contribution is -0.165. The molecule has 5 nitrogen and oxygen atoms in total. The topological polar surface area (TPSA) is 68.2 Å². The first kappa shape index (κ1) is 19.3. The fourth-order valence-electron chi connectivity index (χ4n) is 3.03. The minimum atomic E-state index is -0.985. The minimum absolute atomic E-state index is 0.196. The van der Waals surface area contributed by atoms with Crippen molar-refractivity contribution in [1.82, 2.24) is 0 Å². The summed E-state index contributed by atoms with van der Waals surface area (Å²) in [5, 5.41) is 19.4. The number of ether oxygens (including phenoxy) is 3. The largest absolute Gasteiger partial charge is 0.394 e. The van der Waals surface area contributed by atoms with Gasteiger partial charge in [-0.2, -0.15) is 0 Å². The predicted molar refractivity (Wildman–Crippen MR) is 91.5 cm³/mol. The Balaban J connectivity index is 2.09. The van der Waals surface area contributed by atoms with Gasteiger partial charge in [-0.05, 0) is 25.8 Å². The van der Waals surface area contributed by atoms with Gasteiger partial charge in [0.25, 0.3) is 0 Å². The van der Waals surface area contributed by atoms with Crippen LogP contribution in [0.2, 0.25) is 0 Å². The molecule has 136 valence electrons. The zero-order valence-electron chi connectivity index (χ0n) is 14.9. The van der Waals surface area contributed by atoms with Crippen molar-refractivity contribution in [2.24, 2.45) is 0 Å². The molecule has 0 aliphatic carbocycles. The first-order chi connectivity index (χ1) is 11.5. The van der Waals surface area contributed by atoms with Crippen LogP contribution in [0, 0.1) is 0 Å². The van der Waals surface area contributed by atoms with Crippen molar-refractivity contribution in [3.63, 3.8) is 0 Å². The fourth-order valence-corrected chi connectivity index (χ4v) is 3.03. The molecule has 1 aromatic carbocycles. The van der Waals surface area contributed by atoms with Crippen LogP contribution in [0.3, 0.4) is 0 Å². The van der Waals surface area contributed by atoms with Crippen molar-refractivity contribution in [3.05, 3.63) is 35.9 Å². The van der Waals surface area contributed by atoms with Gasteiger partial charge in [0, 0.05) is 0 Å². The average molecular weight is 338 g/mol. The third kappa shape index (κ3) is 5.26. The zero-order valence-corrected chi connectivity index (χ0v) is 14.9. The smallest absolute Gasteiger partial charge is 0.164 e. The summed E-state index contributed by atoms with van der Waals surface area (Å²) in [7, 11) is 0. The molecule has 0 radical (unpaired) electrons. The Hall–Kier alpha value is -0.980. The van der Waals surface area contributed by atoms with E-state index in [0.717, 1.165) is 24.8 Å². The second-order valence-electron chi connectivity index (χ2n) is 6.79. The normalized spacial score (nSPS) is 25.5. The van der Waals surface area contributed by atoms with E-state index >= 15 is 0 Å². The second-order valence-corrected chi connectivity index (χ2v) is 6.79. The molecule has 2 rings (SSSR count). The van der Waals surface area contributed by atoms with E-state index in [9.17, 15) is 10.2 Å². The number of rotatable bonds is 9. The standard InChI is InChI=1S/C19H30O5/c1-4-5-11-16(22-13-14-9-7-6-8-10-14)18-17(15(21)12-20)23-19(2,3)24-18/h6-10,15-18,20-21H,4-5,11-13H2,1-3H3/t15-,16+,17-,18-/m1/s1. The minimum Gasteiger partial charge on any atom is -0.394 e. The highest BCUT2D eigenvalue weighted by Crippen LogP contribution is 2.34. The third-order valence-electron chi connectivity index (χ3n) is 4.25. The summed E-state index contributed by atoms with van der Waals surface area (Å²) < 4.78 is 18.0. The predicted octanol–water partition coefficient (Wildman–Crippen LogP) is 2.64. The first-order valence-corrected chi connectivity index (χ1v) is 8.77. The molecule has 1 heterocycles. The summed E-state index contributed by atoms with van der Waals surface area (Å²) in [6.07, 6.45) is 0.693. The lowest BCUT2D eigenvalue weighted by atomic mass is 9.99. The van der Waals surface area contributed by atoms with Gasteiger partial charge in [0.15, 0.2) is 5.79 Å². The number of benzene rings is 1. The summed E-state index contributed by atoms with van der Waals surface area (Å²) in [5.41, 5.74) is 1.09. The maximum atomic E-state index is 10.1. The summed E-state index contributed by atoms with van der Waals surface area (Å²) >= 11 is 0. The number of aliphatic hydroxyl groups excluding tert-OH is 2. The third-order valence-corrected chi connectivity index (χ3v) is 4.25. The fraction of sp³-hybridized carbons (Fsp3) is 0.684. The van der Waals surface area contributed by atoms with Crippen molar-refractivity contribution in [1.29, 1.82) is 0 Å². The lowest BCUT2D eigenvalue weighted by Crippen LogP contribution is -2.44. The Bertz CT molecular complexity index is 476. The van der Waals surface area contributed by atoms with Gasteiger partial charge in [0.05, 0.1) is 19.3 Å². The van der Waals surface area contributed by atoms with Gasteiger partial charge in [-0.25, -0.2) is 0 Å². The number of unbranched alkanes of at least 4 members (excludes halogenated alkanes) is 1. The molecule has 4 atom stereocenters. The Kier molecular flexibility index (Phi) is 7.19. The van der Waals surface area contributed by atoms with E-state index in [1.54, 1.807) is 0 Å². The maximum absolute atomic E-state index is 10.1. The van der Waals surface area contributed by atoms with Crippen molar-refractivity contribution in [2.75, 3.05) is 6.61 Å². The summed E-state index contributed by atoms with van der Waals surface area (Å²) in [4.78, 5) is 0. The molecular weight excluding hydrogens is 308 g/mol. The van der Waals surface area contributed by atoms with Crippen LogP contribution in [0.1, 0.15) is 45.6 Å². The van der Waals surface area contributed by atoms with Gasteiger partial charge < -0.3 is 24.4 Å². The van der Waals surface area contributed by atoms with Crippen LogP contribution in [-0.2, 0) is 20.8 Å². The Morgan fingerprint density at radius 3 is 2.46 bits per heavy atom. The molecule has 0 unspecified atom stereocenters. The number of hydrogen-bond acceptors (Lipinski definition) is 5. The highest BCUT2D eigenvalue weighted by Gasteiger charge is 2.48. The molecule has 2 N–H and O–H groups in total. The monoisotopic (exact) mass is 338 g/mol. The van der Waals surface area contributed by atoms with Gasteiger partial charge in [0.1, 0.15) is 18.3 Å². The second kappa shape index (κ2) is 8.92. The van der Waals surface area contributed by atoms with Gasteiger partial charge in [-0.3, -0.25) is 0 Å². The highest BCUT2D eigenvalue weighted by atomic mass is 16.8. The van der Waals surface area contributed by atoms with E-state index < -0.39 is 24.1 Å². The van der Waals surface area contributed by atoms with E-state index in [0.29, 0.717) is 6.61 Å². The van der Waals surface area contributed by atoms with E-state index in [1.807, 2.05) is 44.2 Å². The molecule has 0 spiro atoms. The summed E-state index contributed by atoms with van der Waals surface area (Å²) in [6.45, 7) is 5.89. The van der Waals surface area contributed by atoms with Crippen molar-refractivity contribution in [3.8, 4) is 0 Å². The van der Waals surface area contributed by atoms with Gasteiger partial charge >= 0.3 is 0 Å². The molecule has 0 amide bonds. The van der Waals surface area contributed by atoms with Gasteiger partial charge in [-0.1, -0.05) is 50.1 Å². The average Bonchev–Trinajstić information content (AvgIpc) is 2.91. The molecule has 1 aliphatic rings. The molecule has 24 heavy (non-hydrogen) atoms. The highest BCUT2D eigenvalue weighted by molar-refractivity contribution is 5.13. The van der Waals surface area contributed by atoms with Crippen LogP contribution in [0.25, 0.3) is 0 Å². The van der Waals surface area contributed by atoms with Gasteiger partial charge in [0.2, 0.25) is 0 Å². The lowest BCUT2D eigenvalue weighted by Gasteiger charge is -2.28. The molecule has 5 heteroatoms. The molecule has 1 aliphatic heterocycles. The van der Waals surface area contributed by atoms with Crippen LogP contribution in [0.5, 0.6) is 0 Å². The molecule has 0 aromatic heterocycles. The van der Waals surface area contributed by atoms with E-state index in [4.69, 9.17) is 14.2 Å². The van der Waals surface area contributed by atoms with E-state index in [-0.39, 0.29) is 12.7 Å². The van der Waals surface area contributed by atoms with Crippen molar-refractivity contribution in [2.45, 2.75) is 76.8 Å². The van der Waals surface area contributed by atoms with Crippen LogP contribution in [0.4, 0.5) is 0 Å². The molecule has 0 saturated carbocycles. The van der Waals surface area contributed by atoms with E-state index in [2.05, 4.69) is 6.92 Å². The molecule has 1 saturated heterocycles. The zero-order chi connectivity index (χ0) is 17.6. The molecule has 0 bridgehead atoms. The Morgan fingerprint density at radius 2 is 1.83 bits per heavy atom. The maximum Gasteiger partial charge on any atom is 0.164 e. The number of aliphatic hydroxyl groups is 2. The number of hydrogen-bond donors (Lipinski definition) is 2. The SMILES string of the molecule is CCCC[C@H](OCc1ccccc1)[C@H]1OC(C)(C)O[C@@H]1[C@H](O)CO. The molecular formula is C19H30O5. The van der Waals surface area contributed by atoms with Crippen molar-refractivity contribution >= 4 is 0 Å². The van der Waals surface area contributed by atoms with Crippen LogP contribution >= 0.6 is 0 Å². The summed E-state index contributed by atoms with van der Waals surface area (Å²) in [6, 6.07) is 9.98.